The van der Waals surface area contributed by atoms with Crippen molar-refractivity contribution in [2.45, 2.75) is 44.4 Å². The first-order chi connectivity index (χ1) is 6.61. The van der Waals surface area contributed by atoms with Gasteiger partial charge in [-0.2, -0.15) is 0 Å². The van der Waals surface area contributed by atoms with Crippen molar-refractivity contribution in [3.05, 3.63) is 0 Å². The minimum Gasteiger partial charge on any atom is -0.355 e. The largest absolute Gasteiger partial charge is 0.355 e. The third-order valence-electron chi connectivity index (χ3n) is 2.91. The topological polar surface area (TPSA) is 29.1 Å². The number of amides is 1. The van der Waals surface area contributed by atoms with E-state index in [-0.39, 0.29) is 10.7 Å². The number of rotatable bonds is 5. The average molecular weight is 262 g/mol. The zero-order valence-electron chi connectivity index (χ0n) is 9.05. The van der Waals surface area contributed by atoms with Gasteiger partial charge in [0, 0.05) is 6.54 Å². The Morgan fingerprint density at radius 1 is 1.50 bits per heavy atom. The first kappa shape index (κ1) is 12.0. The minimum atomic E-state index is -0.0381. The lowest BCUT2D eigenvalue weighted by Gasteiger charge is -2.25. The molecule has 0 radical (unpaired) electrons. The normalized spacial score (nSPS) is 19.1. The Morgan fingerprint density at radius 3 is 2.57 bits per heavy atom. The Bertz CT molecular complexity index is 190. The standard InChI is InChI=1S/C11H20BrNO/c1-8(2)10(12)11(14)13-7-6-9-4-3-5-9/h8-10H,3-7H2,1-2H3,(H,13,14). The maximum Gasteiger partial charge on any atom is 0.234 e. The molecule has 1 fully saturated rings. The van der Waals surface area contributed by atoms with Gasteiger partial charge in [-0.05, 0) is 18.3 Å². The fourth-order valence-corrected chi connectivity index (χ4v) is 1.74. The summed E-state index contributed by atoms with van der Waals surface area (Å²) in [5.74, 6) is 1.38. The van der Waals surface area contributed by atoms with Crippen LogP contribution in [0.15, 0.2) is 0 Å². The molecule has 3 heteroatoms. The molecule has 0 aliphatic heterocycles. The molecule has 1 N–H and O–H groups in total. The smallest absolute Gasteiger partial charge is 0.234 e. The molecule has 1 rings (SSSR count). The van der Waals surface area contributed by atoms with E-state index in [1.165, 1.54) is 19.3 Å². The van der Waals surface area contributed by atoms with Crippen LogP contribution in [0.1, 0.15) is 39.5 Å². The molecule has 0 aromatic heterocycles. The molecular weight excluding hydrogens is 242 g/mol. The summed E-state index contributed by atoms with van der Waals surface area (Å²) in [5, 5.41) is 2.98. The quantitative estimate of drug-likeness (QED) is 0.758. The van der Waals surface area contributed by atoms with Gasteiger partial charge in [-0.15, -0.1) is 0 Å². The molecule has 1 aliphatic carbocycles. The highest BCUT2D eigenvalue weighted by molar-refractivity contribution is 9.10. The Balaban J connectivity index is 2.07. The van der Waals surface area contributed by atoms with E-state index < -0.39 is 0 Å². The summed E-state index contributed by atoms with van der Waals surface area (Å²) in [6.07, 6.45) is 5.25. The van der Waals surface area contributed by atoms with Crippen molar-refractivity contribution in [3.63, 3.8) is 0 Å². The molecule has 82 valence electrons. The minimum absolute atomic E-state index is 0.0381. The summed E-state index contributed by atoms with van der Waals surface area (Å²) in [7, 11) is 0. The van der Waals surface area contributed by atoms with E-state index >= 15 is 0 Å². The summed E-state index contributed by atoms with van der Waals surface area (Å²) >= 11 is 3.39. The van der Waals surface area contributed by atoms with Crippen LogP contribution in [0.4, 0.5) is 0 Å². The lowest BCUT2D eigenvalue weighted by molar-refractivity contribution is -0.121. The molecule has 14 heavy (non-hydrogen) atoms. The Hall–Kier alpha value is -0.0500. The van der Waals surface area contributed by atoms with Gasteiger partial charge in [0.15, 0.2) is 0 Å². The summed E-state index contributed by atoms with van der Waals surface area (Å²) < 4.78 is 0. The lowest BCUT2D eigenvalue weighted by Crippen LogP contribution is -2.35. The molecule has 1 aliphatic rings. The highest BCUT2D eigenvalue weighted by Gasteiger charge is 2.20. The van der Waals surface area contributed by atoms with Crippen LogP contribution in [0.5, 0.6) is 0 Å². The summed E-state index contributed by atoms with van der Waals surface area (Å²) in [4.78, 5) is 11.5. The predicted octanol–water partition coefficient (Wildman–Crippen LogP) is 2.71. The third-order valence-corrected chi connectivity index (χ3v) is 4.39. The predicted molar refractivity (Wildman–Crippen MR) is 62.5 cm³/mol. The van der Waals surface area contributed by atoms with Crippen LogP contribution < -0.4 is 5.32 Å². The molecule has 1 atom stereocenters. The molecule has 2 nitrogen and oxygen atoms in total. The molecule has 0 heterocycles. The first-order valence-electron chi connectivity index (χ1n) is 5.53. The van der Waals surface area contributed by atoms with Crippen LogP contribution in [-0.2, 0) is 4.79 Å². The van der Waals surface area contributed by atoms with Gasteiger partial charge >= 0.3 is 0 Å². The van der Waals surface area contributed by atoms with Crippen LogP contribution >= 0.6 is 15.9 Å². The van der Waals surface area contributed by atoms with Crippen molar-refractivity contribution in [2.24, 2.45) is 11.8 Å². The van der Waals surface area contributed by atoms with Gasteiger partial charge < -0.3 is 5.32 Å². The molecule has 0 aromatic rings. The molecule has 0 saturated heterocycles. The number of carbonyl (C=O) groups is 1. The molecular formula is C11H20BrNO. The van der Waals surface area contributed by atoms with Crippen LogP contribution in [0.2, 0.25) is 0 Å². The van der Waals surface area contributed by atoms with Crippen molar-refractivity contribution in [1.82, 2.24) is 5.32 Å². The van der Waals surface area contributed by atoms with Crippen LogP contribution in [0, 0.1) is 11.8 Å². The zero-order valence-corrected chi connectivity index (χ0v) is 10.6. The van der Waals surface area contributed by atoms with E-state index in [9.17, 15) is 4.79 Å². The second-order valence-electron chi connectivity index (χ2n) is 4.52. The van der Waals surface area contributed by atoms with E-state index in [0.29, 0.717) is 5.92 Å². The van der Waals surface area contributed by atoms with Crippen molar-refractivity contribution in [1.29, 1.82) is 0 Å². The molecule has 0 aromatic carbocycles. The van der Waals surface area contributed by atoms with Gasteiger partial charge in [-0.25, -0.2) is 0 Å². The first-order valence-corrected chi connectivity index (χ1v) is 6.44. The van der Waals surface area contributed by atoms with Crippen LogP contribution in [0.25, 0.3) is 0 Å². The maximum absolute atomic E-state index is 11.5. The fraction of sp³-hybridized carbons (Fsp3) is 0.909. The number of alkyl halides is 1. The summed E-state index contributed by atoms with van der Waals surface area (Å²) in [6, 6.07) is 0. The fourth-order valence-electron chi connectivity index (χ4n) is 1.58. The highest BCUT2D eigenvalue weighted by Crippen LogP contribution is 2.28. The van der Waals surface area contributed by atoms with E-state index in [1.807, 2.05) is 13.8 Å². The Morgan fingerprint density at radius 2 is 2.14 bits per heavy atom. The van der Waals surface area contributed by atoms with Crippen LogP contribution in [-0.4, -0.2) is 17.3 Å². The van der Waals surface area contributed by atoms with E-state index in [0.717, 1.165) is 18.9 Å². The number of hydrogen-bond acceptors (Lipinski definition) is 1. The second kappa shape index (κ2) is 5.74. The zero-order chi connectivity index (χ0) is 10.6. The monoisotopic (exact) mass is 261 g/mol. The van der Waals surface area contributed by atoms with Gasteiger partial charge in [0.05, 0.1) is 4.83 Å². The van der Waals surface area contributed by atoms with Crippen molar-refractivity contribution in [3.8, 4) is 0 Å². The van der Waals surface area contributed by atoms with E-state index in [4.69, 9.17) is 0 Å². The number of halogens is 1. The molecule has 1 amide bonds. The van der Waals surface area contributed by atoms with Crippen molar-refractivity contribution >= 4 is 21.8 Å². The van der Waals surface area contributed by atoms with E-state index in [1.54, 1.807) is 0 Å². The van der Waals surface area contributed by atoms with Gasteiger partial charge in [-0.3, -0.25) is 4.79 Å². The molecule has 0 spiro atoms. The number of hydrogen-bond donors (Lipinski definition) is 1. The van der Waals surface area contributed by atoms with Gasteiger partial charge in [0.2, 0.25) is 5.91 Å². The second-order valence-corrected chi connectivity index (χ2v) is 5.51. The van der Waals surface area contributed by atoms with Crippen LogP contribution in [0.3, 0.4) is 0 Å². The van der Waals surface area contributed by atoms with Crippen molar-refractivity contribution in [2.75, 3.05) is 6.54 Å². The number of nitrogens with one attached hydrogen (secondary N) is 1. The highest BCUT2D eigenvalue weighted by atomic mass is 79.9. The van der Waals surface area contributed by atoms with Gasteiger partial charge in [-0.1, -0.05) is 49.0 Å². The van der Waals surface area contributed by atoms with Crippen molar-refractivity contribution < 1.29 is 4.79 Å². The van der Waals surface area contributed by atoms with Gasteiger partial charge in [0.1, 0.15) is 0 Å². The van der Waals surface area contributed by atoms with Gasteiger partial charge in [0.25, 0.3) is 0 Å². The molecule has 1 unspecified atom stereocenters. The SMILES string of the molecule is CC(C)C(Br)C(=O)NCCC1CCC1. The maximum atomic E-state index is 11.5. The Labute approximate surface area is 95.0 Å². The van der Waals surface area contributed by atoms with E-state index in [2.05, 4.69) is 21.2 Å². The third kappa shape index (κ3) is 3.60. The molecule has 1 saturated carbocycles. The number of carbonyl (C=O) groups excluding carboxylic acids is 1. The Kier molecular flexibility index (Phi) is 4.93. The average Bonchev–Trinajstić information content (AvgIpc) is 2.07. The summed E-state index contributed by atoms with van der Waals surface area (Å²) in [6.45, 7) is 4.94. The summed E-state index contributed by atoms with van der Waals surface area (Å²) in [5.41, 5.74) is 0. The molecule has 0 bridgehead atoms. The lowest BCUT2D eigenvalue weighted by atomic mass is 9.83.